The smallest absolute Gasteiger partial charge is 0.216 e. The summed E-state index contributed by atoms with van der Waals surface area (Å²) in [6.45, 7) is 5.49. The first-order valence-electron chi connectivity index (χ1n) is 8.24. The van der Waals surface area contributed by atoms with Gasteiger partial charge in [0.2, 0.25) is 10.0 Å². The molecule has 5 nitrogen and oxygen atoms in total. The van der Waals surface area contributed by atoms with Crippen molar-refractivity contribution in [2.24, 2.45) is 0 Å². The van der Waals surface area contributed by atoms with Gasteiger partial charge in [-0.05, 0) is 50.8 Å². The SMILES string of the molecule is COCCC(C)S(=O)(=O)N1CCC(Nc2cccc(C)c2)CC1. The van der Waals surface area contributed by atoms with E-state index in [1.165, 1.54) is 5.56 Å². The fourth-order valence-electron chi connectivity index (χ4n) is 2.91. The zero-order chi connectivity index (χ0) is 16.9. The highest BCUT2D eigenvalue weighted by Crippen LogP contribution is 2.22. The fourth-order valence-corrected chi connectivity index (χ4v) is 4.54. The van der Waals surface area contributed by atoms with Gasteiger partial charge in [-0.1, -0.05) is 12.1 Å². The first-order chi connectivity index (χ1) is 10.9. The number of hydrogen-bond acceptors (Lipinski definition) is 4. The van der Waals surface area contributed by atoms with E-state index in [9.17, 15) is 8.42 Å². The number of sulfonamides is 1. The molecule has 1 unspecified atom stereocenters. The van der Waals surface area contributed by atoms with Crippen molar-refractivity contribution in [1.29, 1.82) is 0 Å². The first kappa shape index (κ1) is 18.2. The summed E-state index contributed by atoms with van der Waals surface area (Å²) in [4.78, 5) is 0. The number of rotatable bonds is 7. The Morgan fingerprint density at radius 1 is 1.35 bits per heavy atom. The number of ether oxygens (including phenoxy) is 1. The Kier molecular flexibility index (Phi) is 6.44. The molecule has 1 N–H and O–H groups in total. The van der Waals surface area contributed by atoms with E-state index in [0.717, 1.165) is 18.5 Å². The van der Waals surface area contributed by atoms with E-state index < -0.39 is 10.0 Å². The molecule has 0 radical (unpaired) electrons. The Bertz CT molecular complexity index is 596. The molecule has 23 heavy (non-hydrogen) atoms. The number of nitrogens with zero attached hydrogens (tertiary/aromatic N) is 1. The van der Waals surface area contributed by atoms with E-state index in [1.54, 1.807) is 18.3 Å². The number of piperidine rings is 1. The Labute approximate surface area is 140 Å². The van der Waals surface area contributed by atoms with Gasteiger partial charge in [0, 0.05) is 38.5 Å². The van der Waals surface area contributed by atoms with Gasteiger partial charge in [-0.2, -0.15) is 0 Å². The van der Waals surface area contributed by atoms with Crippen LogP contribution in [0.1, 0.15) is 31.7 Å². The van der Waals surface area contributed by atoms with E-state index in [2.05, 4.69) is 30.4 Å². The molecule has 1 aromatic carbocycles. The van der Waals surface area contributed by atoms with Crippen LogP contribution in [0.4, 0.5) is 5.69 Å². The maximum absolute atomic E-state index is 12.6. The molecule has 0 spiro atoms. The average molecular weight is 340 g/mol. The van der Waals surface area contributed by atoms with Gasteiger partial charge in [0.05, 0.1) is 5.25 Å². The van der Waals surface area contributed by atoms with Gasteiger partial charge in [-0.25, -0.2) is 12.7 Å². The molecule has 1 fully saturated rings. The summed E-state index contributed by atoms with van der Waals surface area (Å²) in [5.74, 6) is 0. The highest BCUT2D eigenvalue weighted by molar-refractivity contribution is 7.89. The van der Waals surface area contributed by atoms with Crippen LogP contribution in [-0.2, 0) is 14.8 Å². The maximum Gasteiger partial charge on any atom is 0.216 e. The molecule has 0 aromatic heterocycles. The van der Waals surface area contributed by atoms with E-state index >= 15 is 0 Å². The molecule has 2 rings (SSSR count). The van der Waals surface area contributed by atoms with Crippen LogP contribution in [0.5, 0.6) is 0 Å². The third-order valence-corrected chi connectivity index (χ3v) is 6.78. The number of aryl methyl sites for hydroxylation is 1. The van der Waals surface area contributed by atoms with Gasteiger partial charge >= 0.3 is 0 Å². The summed E-state index contributed by atoms with van der Waals surface area (Å²) in [7, 11) is -1.61. The van der Waals surface area contributed by atoms with Crippen molar-refractivity contribution in [2.45, 2.75) is 44.4 Å². The monoisotopic (exact) mass is 340 g/mol. The van der Waals surface area contributed by atoms with Crippen molar-refractivity contribution in [3.8, 4) is 0 Å². The topological polar surface area (TPSA) is 58.6 Å². The number of methoxy groups -OCH3 is 1. The van der Waals surface area contributed by atoms with Gasteiger partial charge < -0.3 is 10.1 Å². The molecular weight excluding hydrogens is 312 g/mol. The van der Waals surface area contributed by atoms with Gasteiger partial charge in [-0.15, -0.1) is 0 Å². The van der Waals surface area contributed by atoms with Crippen molar-refractivity contribution in [3.63, 3.8) is 0 Å². The molecule has 6 heteroatoms. The van der Waals surface area contributed by atoms with Gasteiger partial charge in [-0.3, -0.25) is 0 Å². The third kappa shape index (κ3) is 4.93. The molecule has 130 valence electrons. The summed E-state index contributed by atoms with van der Waals surface area (Å²) >= 11 is 0. The van der Waals surface area contributed by atoms with E-state index in [0.29, 0.717) is 32.2 Å². The molecule has 1 heterocycles. The lowest BCUT2D eigenvalue weighted by atomic mass is 10.1. The Morgan fingerprint density at radius 3 is 2.65 bits per heavy atom. The highest BCUT2D eigenvalue weighted by Gasteiger charge is 2.31. The van der Waals surface area contributed by atoms with Crippen LogP contribution in [0.3, 0.4) is 0 Å². The predicted molar refractivity (Wildman–Crippen MR) is 94.3 cm³/mol. The summed E-state index contributed by atoms with van der Waals surface area (Å²) in [5.41, 5.74) is 2.33. The van der Waals surface area contributed by atoms with Crippen LogP contribution in [0.25, 0.3) is 0 Å². The van der Waals surface area contributed by atoms with Crippen LogP contribution in [-0.4, -0.2) is 50.8 Å². The molecular formula is C17H28N2O3S. The standard InChI is InChI=1S/C17H28N2O3S/c1-14-5-4-6-17(13-14)18-16-7-10-19(11-8-16)23(20,21)15(2)9-12-22-3/h4-6,13,15-16,18H,7-12H2,1-3H3. The molecule has 1 aromatic rings. The van der Waals surface area contributed by atoms with Crippen LogP contribution in [0.2, 0.25) is 0 Å². The van der Waals surface area contributed by atoms with Crippen molar-refractivity contribution < 1.29 is 13.2 Å². The van der Waals surface area contributed by atoms with E-state index in [4.69, 9.17) is 4.74 Å². The molecule has 0 aliphatic carbocycles. The second-order valence-corrected chi connectivity index (χ2v) is 8.68. The van der Waals surface area contributed by atoms with Gasteiger partial charge in [0.15, 0.2) is 0 Å². The highest BCUT2D eigenvalue weighted by atomic mass is 32.2. The fraction of sp³-hybridized carbons (Fsp3) is 0.647. The Morgan fingerprint density at radius 2 is 2.04 bits per heavy atom. The zero-order valence-electron chi connectivity index (χ0n) is 14.3. The number of anilines is 1. The minimum atomic E-state index is -3.21. The van der Waals surface area contributed by atoms with Crippen LogP contribution >= 0.6 is 0 Å². The Balaban J connectivity index is 1.88. The van der Waals surface area contributed by atoms with Crippen LogP contribution in [0.15, 0.2) is 24.3 Å². The predicted octanol–water partition coefficient (Wildman–Crippen LogP) is 2.63. The molecule has 0 bridgehead atoms. The second-order valence-electron chi connectivity index (χ2n) is 6.32. The van der Waals surface area contributed by atoms with Crippen molar-refractivity contribution in [2.75, 3.05) is 32.1 Å². The molecule has 0 saturated carbocycles. The summed E-state index contributed by atoms with van der Waals surface area (Å²) < 4.78 is 31.7. The number of hydrogen-bond donors (Lipinski definition) is 1. The lowest BCUT2D eigenvalue weighted by molar-refractivity contribution is 0.193. The maximum atomic E-state index is 12.6. The molecule has 1 saturated heterocycles. The minimum Gasteiger partial charge on any atom is -0.385 e. The minimum absolute atomic E-state index is 0.331. The number of nitrogens with one attached hydrogen (secondary N) is 1. The van der Waals surface area contributed by atoms with E-state index in [1.807, 2.05) is 6.07 Å². The molecule has 1 atom stereocenters. The van der Waals surface area contributed by atoms with Crippen molar-refractivity contribution in [1.82, 2.24) is 4.31 Å². The van der Waals surface area contributed by atoms with Crippen molar-refractivity contribution in [3.05, 3.63) is 29.8 Å². The lowest BCUT2D eigenvalue weighted by Crippen LogP contribution is -2.45. The summed E-state index contributed by atoms with van der Waals surface area (Å²) in [6, 6.07) is 8.62. The zero-order valence-corrected chi connectivity index (χ0v) is 15.1. The number of benzene rings is 1. The van der Waals surface area contributed by atoms with Crippen LogP contribution in [0, 0.1) is 6.92 Å². The van der Waals surface area contributed by atoms with Gasteiger partial charge in [0.1, 0.15) is 0 Å². The quantitative estimate of drug-likeness (QED) is 0.829. The average Bonchev–Trinajstić information content (AvgIpc) is 2.53. The molecule has 1 aliphatic heterocycles. The Hall–Kier alpha value is -1.11. The normalized spacial score (nSPS) is 18.7. The first-order valence-corrected chi connectivity index (χ1v) is 9.75. The molecule has 0 amide bonds. The largest absolute Gasteiger partial charge is 0.385 e. The van der Waals surface area contributed by atoms with Crippen LogP contribution < -0.4 is 5.32 Å². The summed E-state index contributed by atoms with van der Waals surface area (Å²) in [6.07, 6.45) is 2.22. The second kappa shape index (κ2) is 8.13. The summed E-state index contributed by atoms with van der Waals surface area (Å²) in [5, 5.41) is 3.13. The van der Waals surface area contributed by atoms with E-state index in [-0.39, 0.29) is 5.25 Å². The van der Waals surface area contributed by atoms with Gasteiger partial charge in [0.25, 0.3) is 0 Å². The van der Waals surface area contributed by atoms with Crippen molar-refractivity contribution >= 4 is 15.7 Å². The third-order valence-electron chi connectivity index (χ3n) is 4.44. The lowest BCUT2D eigenvalue weighted by Gasteiger charge is -2.33. The molecule has 1 aliphatic rings.